The molecule has 1 heterocycles. The van der Waals surface area contributed by atoms with E-state index in [2.05, 4.69) is 54.0 Å². The van der Waals surface area contributed by atoms with Gasteiger partial charge in [0.1, 0.15) is 0 Å². The molecule has 1 aromatic rings. The van der Waals surface area contributed by atoms with E-state index in [1.807, 2.05) is 0 Å². The first kappa shape index (κ1) is 16.5. The minimum Gasteiger partial charge on any atom is -0.330 e. The van der Waals surface area contributed by atoms with Crippen molar-refractivity contribution in [3.63, 3.8) is 0 Å². The Balaban J connectivity index is 1.78. The predicted molar refractivity (Wildman–Crippen MR) is 90.2 cm³/mol. The van der Waals surface area contributed by atoms with E-state index in [0.29, 0.717) is 0 Å². The van der Waals surface area contributed by atoms with Crippen LogP contribution in [-0.4, -0.2) is 49.1 Å². The van der Waals surface area contributed by atoms with Crippen molar-refractivity contribution in [2.24, 2.45) is 11.1 Å². The zero-order chi connectivity index (χ0) is 15.1. The van der Waals surface area contributed by atoms with Gasteiger partial charge in [0, 0.05) is 39.3 Å². The zero-order valence-corrected chi connectivity index (χ0v) is 13.7. The molecule has 2 N–H and O–H groups in total. The molecule has 0 aliphatic carbocycles. The van der Waals surface area contributed by atoms with Gasteiger partial charge in [-0.05, 0) is 23.9 Å². The fraction of sp³-hybridized carbons (Fsp3) is 0.667. The normalized spacial score (nSPS) is 20.3. The maximum Gasteiger partial charge on any atom is 0.0234 e. The van der Waals surface area contributed by atoms with Gasteiger partial charge in [0.05, 0.1) is 0 Å². The van der Waals surface area contributed by atoms with E-state index in [-0.39, 0.29) is 5.41 Å². The van der Waals surface area contributed by atoms with Crippen LogP contribution in [-0.2, 0) is 6.54 Å². The smallest absolute Gasteiger partial charge is 0.0234 e. The van der Waals surface area contributed by atoms with Gasteiger partial charge in [0.2, 0.25) is 0 Å². The molecule has 1 aliphatic rings. The van der Waals surface area contributed by atoms with Gasteiger partial charge < -0.3 is 10.6 Å². The number of rotatable bonds is 7. The highest BCUT2D eigenvalue weighted by atomic mass is 15.3. The van der Waals surface area contributed by atoms with Crippen LogP contribution in [0.4, 0.5) is 0 Å². The van der Waals surface area contributed by atoms with Crippen molar-refractivity contribution >= 4 is 0 Å². The van der Waals surface area contributed by atoms with E-state index in [4.69, 9.17) is 5.73 Å². The van der Waals surface area contributed by atoms with Gasteiger partial charge in [-0.25, -0.2) is 0 Å². The van der Waals surface area contributed by atoms with Gasteiger partial charge >= 0.3 is 0 Å². The molecule has 0 spiro atoms. The molecule has 2 rings (SSSR count). The van der Waals surface area contributed by atoms with Crippen molar-refractivity contribution in [1.29, 1.82) is 0 Å². The van der Waals surface area contributed by atoms with Crippen LogP contribution in [0.3, 0.4) is 0 Å². The number of hydrogen-bond donors (Lipinski definition) is 1. The molecule has 0 aromatic heterocycles. The minimum absolute atomic E-state index is 0.288. The molecule has 1 unspecified atom stereocenters. The van der Waals surface area contributed by atoms with Gasteiger partial charge in [-0.1, -0.05) is 50.6 Å². The van der Waals surface area contributed by atoms with Crippen molar-refractivity contribution in [3.8, 4) is 0 Å². The molecule has 1 aliphatic heterocycles. The summed E-state index contributed by atoms with van der Waals surface area (Å²) in [5.74, 6) is 0. The third kappa shape index (κ3) is 5.10. The summed E-state index contributed by atoms with van der Waals surface area (Å²) in [6.07, 6.45) is 2.45. The summed E-state index contributed by atoms with van der Waals surface area (Å²) in [5.41, 5.74) is 7.71. The Kier molecular flexibility index (Phi) is 6.22. The molecular formula is C18H31N3. The molecule has 0 bridgehead atoms. The fourth-order valence-electron chi connectivity index (χ4n) is 3.34. The van der Waals surface area contributed by atoms with E-state index >= 15 is 0 Å². The van der Waals surface area contributed by atoms with Crippen molar-refractivity contribution in [3.05, 3.63) is 35.9 Å². The highest BCUT2D eigenvalue weighted by Gasteiger charge is 2.26. The van der Waals surface area contributed by atoms with Crippen LogP contribution < -0.4 is 5.73 Å². The van der Waals surface area contributed by atoms with Crippen molar-refractivity contribution in [2.45, 2.75) is 33.2 Å². The van der Waals surface area contributed by atoms with Crippen LogP contribution in [0, 0.1) is 5.41 Å². The topological polar surface area (TPSA) is 32.5 Å². The van der Waals surface area contributed by atoms with Crippen LogP contribution in [0.5, 0.6) is 0 Å². The Morgan fingerprint density at radius 2 is 1.67 bits per heavy atom. The lowest BCUT2D eigenvalue weighted by Crippen LogP contribution is -2.50. The van der Waals surface area contributed by atoms with Crippen LogP contribution in [0.1, 0.15) is 32.3 Å². The van der Waals surface area contributed by atoms with Crippen LogP contribution in [0.25, 0.3) is 0 Å². The van der Waals surface area contributed by atoms with Gasteiger partial charge in [-0.15, -0.1) is 0 Å². The highest BCUT2D eigenvalue weighted by molar-refractivity contribution is 5.14. The molecule has 0 saturated carbocycles. The predicted octanol–water partition coefficient (Wildman–Crippen LogP) is 2.57. The second-order valence-electron chi connectivity index (χ2n) is 6.80. The summed E-state index contributed by atoms with van der Waals surface area (Å²) in [6, 6.07) is 10.8. The Morgan fingerprint density at radius 3 is 2.24 bits per heavy atom. The summed E-state index contributed by atoms with van der Waals surface area (Å²) >= 11 is 0. The van der Waals surface area contributed by atoms with Gasteiger partial charge in [0.25, 0.3) is 0 Å². The molecule has 1 aromatic carbocycles. The van der Waals surface area contributed by atoms with E-state index in [1.165, 1.54) is 44.6 Å². The van der Waals surface area contributed by atoms with Gasteiger partial charge in [0.15, 0.2) is 0 Å². The molecule has 3 nitrogen and oxygen atoms in total. The van der Waals surface area contributed by atoms with E-state index in [0.717, 1.165) is 19.6 Å². The van der Waals surface area contributed by atoms with Gasteiger partial charge in [-0.3, -0.25) is 4.90 Å². The Labute approximate surface area is 130 Å². The van der Waals surface area contributed by atoms with E-state index in [1.54, 1.807) is 0 Å². The largest absolute Gasteiger partial charge is 0.330 e. The Bertz CT molecular complexity index is 398. The average molecular weight is 289 g/mol. The molecule has 0 radical (unpaired) electrons. The average Bonchev–Trinajstić information content (AvgIpc) is 2.51. The maximum atomic E-state index is 6.00. The molecule has 1 fully saturated rings. The molecule has 118 valence electrons. The monoisotopic (exact) mass is 289 g/mol. The minimum atomic E-state index is 0.288. The summed E-state index contributed by atoms with van der Waals surface area (Å²) < 4.78 is 0. The number of hydrogen-bond acceptors (Lipinski definition) is 3. The van der Waals surface area contributed by atoms with Gasteiger partial charge in [-0.2, -0.15) is 0 Å². The maximum absolute atomic E-state index is 6.00. The van der Waals surface area contributed by atoms with E-state index in [9.17, 15) is 0 Å². The third-order valence-corrected chi connectivity index (χ3v) is 4.67. The Morgan fingerprint density at radius 1 is 1.05 bits per heavy atom. The fourth-order valence-corrected chi connectivity index (χ4v) is 3.34. The first-order chi connectivity index (χ1) is 10.1. The Hall–Kier alpha value is -0.900. The number of piperazine rings is 1. The van der Waals surface area contributed by atoms with Crippen molar-refractivity contribution < 1.29 is 0 Å². The second-order valence-corrected chi connectivity index (χ2v) is 6.80. The first-order valence-corrected chi connectivity index (χ1v) is 8.34. The lowest BCUT2D eigenvalue weighted by molar-refractivity contribution is 0.0860. The summed E-state index contributed by atoms with van der Waals surface area (Å²) in [4.78, 5) is 5.16. The zero-order valence-electron chi connectivity index (χ0n) is 13.7. The number of nitrogens with two attached hydrogens (primary N) is 1. The first-order valence-electron chi connectivity index (χ1n) is 8.34. The molecule has 0 amide bonds. The third-order valence-electron chi connectivity index (χ3n) is 4.67. The molecule has 1 atom stereocenters. The SMILES string of the molecule is CCCC(C)(CN)CN1CCN(Cc2ccccc2)CC1. The second kappa shape index (κ2) is 7.92. The quantitative estimate of drug-likeness (QED) is 0.837. The molecule has 3 heteroatoms. The number of benzene rings is 1. The van der Waals surface area contributed by atoms with Crippen LogP contribution in [0.15, 0.2) is 30.3 Å². The van der Waals surface area contributed by atoms with Crippen molar-refractivity contribution in [1.82, 2.24) is 9.80 Å². The molecular weight excluding hydrogens is 258 g/mol. The summed E-state index contributed by atoms with van der Waals surface area (Å²) in [5, 5.41) is 0. The molecule has 1 saturated heterocycles. The van der Waals surface area contributed by atoms with Crippen LogP contribution >= 0.6 is 0 Å². The summed E-state index contributed by atoms with van der Waals surface area (Å²) in [6.45, 7) is 12.3. The van der Waals surface area contributed by atoms with Crippen LogP contribution in [0.2, 0.25) is 0 Å². The highest BCUT2D eigenvalue weighted by Crippen LogP contribution is 2.24. The summed E-state index contributed by atoms with van der Waals surface area (Å²) in [7, 11) is 0. The number of nitrogens with zero attached hydrogens (tertiary/aromatic N) is 2. The molecule has 21 heavy (non-hydrogen) atoms. The standard InChI is InChI=1S/C18H31N3/c1-3-9-18(2,15-19)16-21-12-10-20(11-13-21)14-17-7-5-4-6-8-17/h4-8H,3,9-16,19H2,1-2H3. The lowest BCUT2D eigenvalue weighted by Gasteiger charge is -2.40. The van der Waals surface area contributed by atoms with E-state index < -0.39 is 0 Å². The van der Waals surface area contributed by atoms with Crippen molar-refractivity contribution in [2.75, 3.05) is 39.3 Å². The lowest BCUT2D eigenvalue weighted by atomic mass is 9.85.